The van der Waals surface area contributed by atoms with Crippen LogP contribution in [0.5, 0.6) is 0 Å². The predicted octanol–water partition coefficient (Wildman–Crippen LogP) is 3.12. The lowest BCUT2D eigenvalue weighted by atomic mass is 9.85. The average Bonchev–Trinajstić information content (AvgIpc) is 2.80. The van der Waals surface area contributed by atoms with Gasteiger partial charge in [-0.2, -0.15) is 0 Å². The Morgan fingerprint density at radius 1 is 1.41 bits per heavy atom. The van der Waals surface area contributed by atoms with Crippen molar-refractivity contribution in [2.75, 3.05) is 6.61 Å². The largest absolute Gasteiger partial charge is 0.378 e. The van der Waals surface area contributed by atoms with E-state index in [-0.39, 0.29) is 6.04 Å². The van der Waals surface area contributed by atoms with Crippen LogP contribution in [0.25, 0.3) is 0 Å². The molecule has 3 atom stereocenters. The van der Waals surface area contributed by atoms with Gasteiger partial charge in [-0.25, -0.2) is 0 Å². The normalized spacial score (nSPS) is 26.1. The predicted molar refractivity (Wildman–Crippen MR) is 71.0 cm³/mol. The summed E-state index contributed by atoms with van der Waals surface area (Å²) in [6, 6.07) is 6.53. The molecular formula is C15H23NO. The molecule has 17 heavy (non-hydrogen) atoms. The molecule has 0 amide bonds. The van der Waals surface area contributed by atoms with Gasteiger partial charge in [0.25, 0.3) is 0 Å². The molecule has 0 spiro atoms. The first-order valence-corrected chi connectivity index (χ1v) is 6.58. The van der Waals surface area contributed by atoms with Gasteiger partial charge in [0.05, 0.1) is 6.10 Å². The van der Waals surface area contributed by atoms with Gasteiger partial charge in [0.15, 0.2) is 0 Å². The van der Waals surface area contributed by atoms with Crippen LogP contribution in [0.15, 0.2) is 18.2 Å². The standard InChI is InChI=1S/C15H23NO/c1-4-14-13(8-9-17-14)15(16)12-7-5-6-10(2)11(12)3/h5-7,13-15H,4,8-9,16H2,1-3H3. The van der Waals surface area contributed by atoms with Gasteiger partial charge in [0, 0.05) is 18.6 Å². The third-order valence-electron chi connectivity index (χ3n) is 4.13. The highest BCUT2D eigenvalue weighted by Crippen LogP contribution is 2.34. The number of rotatable bonds is 3. The maximum Gasteiger partial charge on any atom is 0.0619 e. The van der Waals surface area contributed by atoms with E-state index in [1.54, 1.807) is 0 Å². The van der Waals surface area contributed by atoms with Crippen molar-refractivity contribution < 1.29 is 4.74 Å². The number of nitrogens with two attached hydrogens (primary N) is 1. The lowest BCUT2D eigenvalue weighted by Gasteiger charge is -2.25. The zero-order valence-electron chi connectivity index (χ0n) is 11.1. The van der Waals surface area contributed by atoms with E-state index in [9.17, 15) is 0 Å². The van der Waals surface area contributed by atoms with Crippen molar-refractivity contribution in [3.05, 3.63) is 34.9 Å². The fourth-order valence-corrected chi connectivity index (χ4v) is 2.86. The van der Waals surface area contributed by atoms with Crippen molar-refractivity contribution in [3.63, 3.8) is 0 Å². The second-order valence-corrected chi connectivity index (χ2v) is 5.08. The summed E-state index contributed by atoms with van der Waals surface area (Å²) >= 11 is 0. The van der Waals surface area contributed by atoms with Crippen LogP contribution in [0, 0.1) is 19.8 Å². The Bertz CT molecular complexity index is 389. The monoisotopic (exact) mass is 233 g/mol. The SMILES string of the molecule is CCC1OCCC1C(N)c1cccc(C)c1C. The Hall–Kier alpha value is -0.860. The molecule has 2 nitrogen and oxygen atoms in total. The molecule has 1 fully saturated rings. The lowest BCUT2D eigenvalue weighted by Crippen LogP contribution is -2.28. The minimum atomic E-state index is 0.113. The van der Waals surface area contributed by atoms with Gasteiger partial charge >= 0.3 is 0 Å². The lowest BCUT2D eigenvalue weighted by molar-refractivity contribution is 0.0813. The van der Waals surface area contributed by atoms with Gasteiger partial charge in [0.1, 0.15) is 0 Å². The third kappa shape index (κ3) is 2.38. The highest BCUT2D eigenvalue weighted by Gasteiger charge is 2.32. The second-order valence-electron chi connectivity index (χ2n) is 5.08. The van der Waals surface area contributed by atoms with Crippen LogP contribution in [0.3, 0.4) is 0 Å². The van der Waals surface area contributed by atoms with E-state index >= 15 is 0 Å². The molecule has 1 saturated heterocycles. The van der Waals surface area contributed by atoms with E-state index in [0.29, 0.717) is 12.0 Å². The molecule has 1 aromatic rings. The number of hydrogen-bond acceptors (Lipinski definition) is 2. The van der Waals surface area contributed by atoms with Crippen LogP contribution in [0.2, 0.25) is 0 Å². The zero-order valence-corrected chi connectivity index (χ0v) is 11.1. The van der Waals surface area contributed by atoms with Crippen LogP contribution in [-0.4, -0.2) is 12.7 Å². The fraction of sp³-hybridized carbons (Fsp3) is 0.600. The molecule has 0 bridgehead atoms. The van der Waals surface area contributed by atoms with Gasteiger partial charge < -0.3 is 10.5 Å². The first kappa shape index (κ1) is 12.6. The van der Waals surface area contributed by atoms with E-state index in [4.69, 9.17) is 10.5 Å². The number of benzene rings is 1. The van der Waals surface area contributed by atoms with Crippen LogP contribution in [0.1, 0.15) is 42.5 Å². The fourth-order valence-electron chi connectivity index (χ4n) is 2.86. The van der Waals surface area contributed by atoms with E-state index in [1.165, 1.54) is 16.7 Å². The molecule has 0 aliphatic carbocycles. The average molecular weight is 233 g/mol. The van der Waals surface area contributed by atoms with Crippen molar-refractivity contribution in [1.82, 2.24) is 0 Å². The Morgan fingerprint density at radius 2 is 2.18 bits per heavy atom. The third-order valence-corrected chi connectivity index (χ3v) is 4.13. The van der Waals surface area contributed by atoms with Crippen LogP contribution in [-0.2, 0) is 4.74 Å². The Morgan fingerprint density at radius 3 is 2.88 bits per heavy atom. The summed E-state index contributed by atoms with van der Waals surface area (Å²) in [5.74, 6) is 0.473. The molecule has 1 aliphatic rings. The summed E-state index contributed by atoms with van der Waals surface area (Å²) in [7, 11) is 0. The Labute approximate surface area is 104 Å². The summed E-state index contributed by atoms with van der Waals surface area (Å²) in [5.41, 5.74) is 10.4. The number of hydrogen-bond donors (Lipinski definition) is 1. The Kier molecular flexibility index (Phi) is 3.85. The molecule has 2 rings (SSSR count). The molecular weight excluding hydrogens is 210 g/mol. The maximum absolute atomic E-state index is 6.46. The van der Waals surface area contributed by atoms with Crippen molar-refractivity contribution >= 4 is 0 Å². The van der Waals surface area contributed by atoms with Gasteiger partial charge in [0.2, 0.25) is 0 Å². The van der Waals surface area contributed by atoms with E-state index in [2.05, 4.69) is 39.0 Å². The minimum absolute atomic E-state index is 0.113. The molecule has 0 saturated carbocycles. The quantitative estimate of drug-likeness (QED) is 0.870. The molecule has 1 aliphatic heterocycles. The first-order chi connectivity index (χ1) is 8.15. The molecule has 0 aromatic heterocycles. The molecule has 1 heterocycles. The second kappa shape index (κ2) is 5.19. The van der Waals surface area contributed by atoms with Gasteiger partial charge in [-0.05, 0) is 43.4 Å². The summed E-state index contributed by atoms with van der Waals surface area (Å²) in [4.78, 5) is 0. The van der Waals surface area contributed by atoms with E-state index in [1.807, 2.05) is 0 Å². The molecule has 3 unspecified atom stereocenters. The Balaban J connectivity index is 2.24. The molecule has 94 valence electrons. The minimum Gasteiger partial charge on any atom is -0.378 e. The van der Waals surface area contributed by atoms with Gasteiger partial charge in [-0.1, -0.05) is 25.1 Å². The zero-order chi connectivity index (χ0) is 12.4. The van der Waals surface area contributed by atoms with Crippen molar-refractivity contribution in [1.29, 1.82) is 0 Å². The van der Waals surface area contributed by atoms with Crippen LogP contribution < -0.4 is 5.73 Å². The molecule has 0 radical (unpaired) electrons. The van der Waals surface area contributed by atoms with E-state index in [0.717, 1.165) is 19.4 Å². The summed E-state index contributed by atoms with van der Waals surface area (Å²) in [6.45, 7) is 7.36. The van der Waals surface area contributed by atoms with Crippen LogP contribution in [0.4, 0.5) is 0 Å². The number of ether oxygens (including phenoxy) is 1. The highest BCUT2D eigenvalue weighted by molar-refractivity contribution is 5.35. The van der Waals surface area contributed by atoms with Crippen LogP contribution >= 0.6 is 0 Å². The first-order valence-electron chi connectivity index (χ1n) is 6.58. The summed E-state index contributed by atoms with van der Waals surface area (Å²) < 4.78 is 5.75. The molecule has 2 heteroatoms. The van der Waals surface area contributed by atoms with Crippen molar-refractivity contribution in [2.45, 2.75) is 45.8 Å². The maximum atomic E-state index is 6.46. The summed E-state index contributed by atoms with van der Waals surface area (Å²) in [5, 5.41) is 0. The van der Waals surface area contributed by atoms with Gasteiger partial charge in [-0.3, -0.25) is 0 Å². The number of aryl methyl sites for hydroxylation is 1. The molecule has 2 N–H and O–H groups in total. The van der Waals surface area contributed by atoms with E-state index < -0.39 is 0 Å². The van der Waals surface area contributed by atoms with Crippen molar-refractivity contribution in [2.24, 2.45) is 11.7 Å². The molecule has 1 aromatic carbocycles. The summed E-state index contributed by atoms with van der Waals surface area (Å²) in [6.07, 6.45) is 2.49. The topological polar surface area (TPSA) is 35.2 Å². The smallest absolute Gasteiger partial charge is 0.0619 e. The highest BCUT2D eigenvalue weighted by atomic mass is 16.5. The van der Waals surface area contributed by atoms with Gasteiger partial charge in [-0.15, -0.1) is 0 Å². The van der Waals surface area contributed by atoms with Crippen molar-refractivity contribution in [3.8, 4) is 0 Å².